The van der Waals surface area contributed by atoms with Crippen molar-refractivity contribution in [2.75, 3.05) is 19.0 Å². The van der Waals surface area contributed by atoms with Crippen LogP contribution >= 0.6 is 11.6 Å². The number of amides is 1. The van der Waals surface area contributed by atoms with Crippen molar-refractivity contribution in [3.8, 4) is 5.75 Å². The molecule has 0 bridgehead atoms. The third-order valence-corrected chi connectivity index (χ3v) is 4.31. The van der Waals surface area contributed by atoms with Gasteiger partial charge in [-0.05, 0) is 29.8 Å². The van der Waals surface area contributed by atoms with Crippen LogP contribution in [0.2, 0.25) is 5.15 Å². The summed E-state index contributed by atoms with van der Waals surface area (Å²) in [5.74, 6) is -0.808. The van der Waals surface area contributed by atoms with E-state index >= 15 is 0 Å². The number of hydrogen-bond donors (Lipinski definition) is 2. The summed E-state index contributed by atoms with van der Waals surface area (Å²) in [7, 11) is 1.43. The van der Waals surface area contributed by atoms with Gasteiger partial charge in [0.25, 0.3) is 5.91 Å². The van der Waals surface area contributed by atoms with Crippen molar-refractivity contribution >= 4 is 29.1 Å². The number of rotatable bonds is 8. The van der Waals surface area contributed by atoms with E-state index in [0.717, 1.165) is 12.1 Å². The van der Waals surface area contributed by atoms with E-state index in [9.17, 15) is 18.0 Å². The van der Waals surface area contributed by atoms with E-state index in [1.165, 1.54) is 25.3 Å². The van der Waals surface area contributed by atoms with Crippen LogP contribution in [0.3, 0.4) is 0 Å². The molecule has 1 heterocycles. The average molecular weight is 467 g/mol. The topological polar surface area (TPSA) is 85.4 Å². The van der Waals surface area contributed by atoms with Gasteiger partial charge in [-0.15, -0.1) is 13.2 Å². The lowest BCUT2D eigenvalue weighted by molar-refractivity contribution is -0.274. The lowest BCUT2D eigenvalue weighted by atomic mass is 10.1. The Morgan fingerprint density at radius 1 is 1.09 bits per heavy atom. The zero-order valence-electron chi connectivity index (χ0n) is 16.7. The first-order valence-corrected chi connectivity index (χ1v) is 9.63. The molecule has 0 aliphatic heterocycles. The number of anilines is 2. The van der Waals surface area contributed by atoms with Crippen LogP contribution in [0.4, 0.5) is 24.8 Å². The molecule has 0 saturated carbocycles. The van der Waals surface area contributed by atoms with Gasteiger partial charge < -0.3 is 20.1 Å². The Kier molecular flexibility index (Phi) is 7.49. The molecule has 0 radical (unpaired) electrons. The fourth-order valence-electron chi connectivity index (χ4n) is 2.76. The molecule has 11 heteroatoms. The molecule has 168 valence electrons. The van der Waals surface area contributed by atoms with E-state index < -0.39 is 18.3 Å². The number of benzene rings is 2. The Balaban J connectivity index is 1.76. The molecule has 1 unspecified atom stereocenters. The summed E-state index contributed by atoms with van der Waals surface area (Å²) in [6.45, 7) is 0.0686. The van der Waals surface area contributed by atoms with Gasteiger partial charge >= 0.3 is 6.36 Å². The van der Waals surface area contributed by atoms with Crippen molar-refractivity contribution < 1.29 is 27.4 Å². The molecule has 3 rings (SSSR count). The van der Waals surface area contributed by atoms with Crippen LogP contribution < -0.4 is 15.4 Å². The highest BCUT2D eigenvalue weighted by Crippen LogP contribution is 2.25. The van der Waals surface area contributed by atoms with Gasteiger partial charge in [0, 0.05) is 18.9 Å². The van der Waals surface area contributed by atoms with Crippen LogP contribution in [0.5, 0.6) is 5.75 Å². The number of alkyl halides is 3. The maximum atomic E-state index is 12.8. The first kappa shape index (κ1) is 23.3. The quantitative estimate of drug-likeness (QED) is 0.460. The van der Waals surface area contributed by atoms with Gasteiger partial charge in [0.15, 0.2) is 0 Å². The fraction of sp³-hybridized carbons (Fsp3) is 0.190. The molecule has 7 nitrogen and oxygen atoms in total. The zero-order valence-corrected chi connectivity index (χ0v) is 17.4. The van der Waals surface area contributed by atoms with E-state index in [-0.39, 0.29) is 29.2 Å². The van der Waals surface area contributed by atoms with Gasteiger partial charge in [0.05, 0.1) is 12.6 Å². The molecule has 1 amide bonds. The molecule has 1 aromatic heterocycles. The zero-order chi connectivity index (χ0) is 23.1. The molecule has 0 saturated heterocycles. The SMILES string of the molecule is COCC(NC(=O)c1cc(Cl)nc(Nc2ccccc2)n1)c1ccc(OC(F)(F)F)cc1. The molecule has 0 aliphatic rings. The van der Waals surface area contributed by atoms with E-state index in [0.29, 0.717) is 11.3 Å². The first-order valence-electron chi connectivity index (χ1n) is 9.25. The lowest BCUT2D eigenvalue weighted by Crippen LogP contribution is -2.32. The summed E-state index contributed by atoms with van der Waals surface area (Å²) in [6, 6.07) is 14.8. The molecular formula is C21H18ClF3N4O3. The van der Waals surface area contributed by atoms with E-state index in [4.69, 9.17) is 16.3 Å². The monoisotopic (exact) mass is 466 g/mol. The minimum Gasteiger partial charge on any atom is -0.406 e. The molecule has 0 aliphatic carbocycles. The Bertz CT molecular complexity index is 1050. The maximum absolute atomic E-state index is 12.8. The summed E-state index contributed by atoms with van der Waals surface area (Å²) in [4.78, 5) is 21.0. The van der Waals surface area contributed by atoms with Crippen molar-refractivity contribution in [2.45, 2.75) is 12.4 Å². The number of carbonyl (C=O) groups excluding carboxylic acids is 1. The number of ether oxygens (including phenoxy) is 2. The van der Waals surface area contributed by atoms with E-state index in [1.54, 1.807) is 12.1 Å². The van der Waals surface area contributed by atoms with Gasteiger partial charge in [-0.25, -0.2) is 9.97 Å². The number of nitrogens with zero attached hydrogens (tertiary/aromatic N) is 2. The Hall–Kier alpha value is -3.37. The molecule has 32 heavy (non-hydrogen) atoms. The smallest absolute Gasteiger partial charge is 0.406 e. The molecule has 0 spiro atoms. The predicted octanol–water partition coefficient (Wildman–Crippen LogP) is 4.89. The molecule has 2 aromatic carbocycles. The number of nitrogens with one attached hydrogen (secondary N) is 2. The second-order valence-electron chi connectivity index (χ2n) is 6.49. The maximum Gasteiger partial charge on any atom is 0.573 e. The number of methoxy groups -OCH3 is 1. The van der Waals surface area contributed by atoms with Crippen LogP contribution in [0.25, 0.3) is 0 Å². The van der Waals surface area contributed by atoms with Gasteiger partial charge in [-0.1, -0.05) is 41.9 Å². The average Bonchev–Trinajstić information content (AvgIpc) is 2.73. The van der Waals surface area contributed by atoms with Crippen molar-refractivity contribution in [2.24, 2.45) is 0 Å². The van der Waals surface area contributed by atoms with Crippen LogP contribution in [-0.4, -0.2) is 36.0 Å². The minimum atomic E-state index is -4.79. The third kappa shape index (κ3) is 6.82. The fourth-order valence-corrected chi connectivity index (χ4v) is 2.95. The molecule has 2 N–H and O–H groups in total. The Morgan fingerprint density at radius 3 is 2.41 bits per heavy atom. The molecular weight excluding hydrogens is 449 g/mol. The highest BCUT2D eigenvalue weighted by atomic mass is 35.5. The lowest BCUT2D eigenvalue weighted by Gasteiger charge is -2.19. The third-order valence-electron chi connectivity index (χ3n) is 4.11. The van der Waals surface area contributed by atoms with Crippen molar-refractivity contribution in [3.05, 3.63) is 77.1 Å². The Morgan fingerprint density at radius 2 is 1.78 bits per heavy atom. The van der Waals surface area contributed by atoms with Crippen LogP contribution in [0.15, 0.2) is 60.7 Å². The van der Waals surface area contributed by atoms with Gasteiger partial charge in [-0.2, -0.15) is 0 Å². The van der Waals surface area contributed by atoms with Gasteiger partial charge in [0.1, 0.15) is 16.6 Å². The first-order chi connectivity index (χ1) is 15.2. The predicted molar refractivity (Wildman–Crippen MR) is 112 cm³/mol. The number of halogens is 4. The van der Waals surface area contributed by atoms with Crippen LogP contribution in [-0.2, 0) is 4.74 Å². The number of hydrogen-bond acceptors (Lipinski definition) is 6. The number of carbonyl (C=O) groups is 1. The van der Waals surface area contributed by atoms with Gasteiger partial charge in [0.2, 0.25) is 5.95 Å². The van der Waals surface area contributed by atoms with Crippen LogP contribution in [0, 0.1) is 0 Å². The normalized spacial score (nSPS) is 12.2. The summed E-state index contributed by atoms with van der Waals surface area (Å²) >= 11 is 6.04. The van der Waals surface area contributed by atoms with E-state index in [1.807, 2.05) is 18.2 Å². The Labute approximate surface area is 186 Å². The molecule has 1 atom stereocenters. The summed E-state index contributed by atoms with van der Waals surface area (Å²) in [5.41, 5.74) is 1.22. The number of aromatic nitrogens is 2. The van der Waals surface area contributed by atoms with Crippen molar-refractivity contribution in [1.82, 2.24) is 15.3 Å². The summed E-state index contributed by atoms with van der Waals surface area (Å²) < 4.78 is 46.1. The molecule has 3 aromatic rings. The van der Waals surface area contributed by atoms with E-state index in [2.05, 4.69) is 25.3 Å². The van der Waals surface area contributed by atoms with Gasteiger partial charge in [-0.3, -0.25) is 4.79 Å². The summed E-state index contributed by atoms with van der Waals surface area (Å²) in [5, 5.41) is 5.75. The minimum absolute atomic E-state index is 0.00144. The highest BCUT2D eigenvalue weighted by Gasteiger charge is 2.31. The largest absolute Gasteiger partial charge is 0.573 e. The molecule has 0 fully saturated rings. The second kappa shape index (κ2) is 10.3. The summed E-state index contributed by atoms with van der Waals surface area (Å²) in [6.07, 6.45) is -4.79. The second-order valence-corrected chi connectivity index (χ2v) is 6.88. The standard InChI is InChI=1S/C21H18ClF3N4O3/c1-31-12-17(13-7-9-15(10-8-13)32-21(23,24)25)27-19(30)16-11-18(22)29-20(28-16)26-14-5-3-2-4-6-14/h2-11,17H,12H2,1H3,(H,27,30)(H,26,28,29). The van der Waals surface area contributed by atoms with Crippen molar-refractivity contribution in [3.63, 3.8) is 0 Å². The van der Waals surface area contributed by atoms with Crippen LogP contribution in [0.1, 0.15) is 22.1 Å². The number of para-hydroxylation sites is 1. The van der Waals surface area contributed by atoms with Crippen molar-refractivity contribution in [1.29, 1.82) is 0 Å². The highest BCUT2D eigenvalue weighted by molar-refractivity contribution is 6.29.